The van der Waals surface area contributed by atoms with Crippen molar-refractivity contribution >= 4 is 5.97 Å². The molecule has 1 heterocycles. The molecular weight excluding hydrogens is 256 g/mol. The van der Waals surface area contributed by atoms with Crippen molar-refractivity contribution in [2.24, 2.45) is 5.92 Å². The van der Waals surface area contributed by atoms with Crippen LogP contribution in [0.4, 0.5) is 0 Å². The molecule has 1 fully saturated rings. The molecule has 0 amide bonds. The van der Waals surface area contributed by atoms with Crippen LogP contribution >= 0.6 is 0 Å². The molecule has 1 aliphatic carbocycles. The summed E-state index contributed by atoms with van der Waals surface area (Å²) in [6, 6.07) is 7.70. The molecule has 1 atom stereocenters. The van der Waals surface area contributed by atoms with E-state index in [1.807, 2.05) is 24.3 Å². The molecule has 20 heavy (non-hydrogen) atoms. The Balaban J connectivity index is 2.03. The second-order valence-corrected chi connectivity index (χ2v) is 5.29. The van der Waals surface area contributed by atoms with Gasteiger partial charge in [0.2, 0.25) is 0 Å². The lowest BCUT2D eigenvalue weighted by Crippen LogP contribution is -2.10. The number of rotatable bonds is 5. The van der Waals surface area contributed by atoms with Crippen molar-refractivity contribution in [2.75, 3.05) is 0 Å². The first-order valence-electron chi connectivity index (χ1n) is 6.74. The van der Waals surface area contributed by atoms with Gasteiger partial charge in [-0.15, -0.1) is 0 Å². The van der Waals surface area contributed by atoms with Crippen LogP contribution < -0.4 is 5.69 Å². The number of hydrogen-bond acceptors (Lipinski definition) is 2. The minimum atomic E-state index is -0.778. The number of benzene rings is 1. The Morgan fingerprint density at radius 1 is 1.35 bits per heavy atom. The van der Waals surface area contributed by atoms with Gasteiger partial charge in [-0.05, 0) is 30.2 Å². The van der Waals surface area contributed by atoms with Gasteiger partial charge in [0.05, 0.1) is 12.1 Å². The lowest BCUT2D eigenvalue weighted by molar-refractivity contribution is -0.137. The summed E-state index contributed by atoms with van der Waals surface area (Å²) >= 11 is 0. The van der Waals surface area contributed by atoms with Crippen molar-refractivity contribution in [1.82, 2.24) is 9.97 Å². The highest BCUT2D eigenvalue weighted by atomic mass is 16.4. The van der Waals surface area contributed by atoms with Gasteiger partial charge in [0.15, 0.2) is 0 Å². The summed E-state index contributed by atoms with van der Waals surface area (Å²) in [5.41, 5.74) is 2.37. The molecule has 0 aliphatic heterocycles. The van der Waals surface area contributed by atoms with Gasteiger partial charge in [0, 0.05) is 11.8 Å². The third-order valence-electron chi connectivity index (χ3n) is 3.83. The third kappa shape index (κ3) is 2.52. The number of carboxylic acid groups (broad SMARTS) is 1. The largest absolute Gasteiger partial charge is 0.481 e. The lowest BCUT2D eigenvalue weighted by Gasteiger charge is -2.18. The Morgan fingerprint density at radius 2 is 2.10 bits per heavy atom. The monoisotopic (exact) mass is 272 g/mol. The van der Waals surface area contributed by atoms with Crippen molar-refractivity contribution in [2.45, 2.75) is 25.2 Å². The summed E-state index contributed by atoms with van der Waals surface area (Å²) in [6.07, 6.45) is 3.92. The van der Waals surface area contributed by atoms with Crippen LogP contribution in [0.5, 0.6) is 0 Å². The normalized spacial score (nSPS) is 16.0. The Bertz CT molecular complexity index is 682. The maximum Gasteiger partial charge on any atom is 0.323 e. The van der Waals surface area contributed by atoms with Crippen molar-refractivity contribution in [3.8, 4) is 11.3 Å². The molecule has 1 aliphatic rings. The Hall–Kier alpha value is -2.30. The summed E-state index contributed by atoms with van der Waals surface area (Å²) in [5.74, 6) is -0.320. The van der Waals surface area contributed by atoms with Crippen LogP contribution in [0.3, 0.4) is 0 Å². The number of carboxylic acids is 1. The number of aliphatic carboxylic acids is 1. The number of carbonyl (C=O) groups is 1. The minimum absolute atomic E-state index is 0.0158. The van der Waals surface area contributed by atoms with Gasteiger partial charge in [-0.1, -0.05) is 24.3 Å². The lowest BCUT2D eigenvalue weighted by atomic mass is 9.87. The van der Waals surface area contributed by atoms with Crippen molar-refractivity contribution < 1.29 is 9.90 Å². The first kappa shape index (κ1) is 12.7. The zero-order valence-corrected chi connectivity index (χ0v) is 10.9. The number of hydrogen-bond donors (Lipinski definition) is 3. The quantitative estimate of drug-likeness (QED) is 0.780. The summed E-state index contributed by atoms with van der Waals surface area (Å²) < 4.78 is 0. The first-order valence-corrected chi connectivity index (χ1v) is 6.74. The zero-order chi connectivity index (χ0) is 14.1. The molecule has 1 unspecified atom stereocenters. The number of H-pyrrole nitrogens is 2. The first-order chi connectivity index (χ1) is 9.65. The smallest absolute Gasteiger partial charge is 0.323 e. The second kappa shape index (κ2) is 5.00. The fourth-order valence-electron chi connectivity index (χ4n) is 2.76. The van der Waals surface area contributed by atoms with E-state index in [1.54, 1.807) is 6.20 Å². The van der Waals surface area contributed by atoms with Gasteiger partial charge in [0.1, 0.15) is 0 Å². The van der Waals surface area contributed by atoms with E-state index < -0.39 is 5.97 Å². The highest BCUT2D eigenvalue weighted by Crippen LogP contribution is 2.46. The molecule has 0 spiro atoms. The predicted molar refractivity (Wildman–Crippen MR) is 74.6 cm³/mol. The number of imidazole rings is 1. The van der Waals surface area contributed by atoms with Gasteiger partial charge < -0.3 is 15.1 Å². The van der Waals surface area contributed by atoms with Crippen LogP contribution in [0.15, 0.2) is 35.3 Å². The molecule has 5 heteroatoms. The van der Waals surface area contributed by atoms with Crippen LogP contribution in [0.25, 0.3) is 11.3 Å². The van der Waals surface area contributed by atoms with Crippen molar-refractivity contribution in [1.29, 1.82) is 0 Å². The average Bonchev–Trinajstić information content (AvgIpc) is 3.18. The van der Waals surface area contributed by atoms with Crippen molar-refractivity contribution in [3.05, 3.63) is 46.5 Å². The Morgan fingerprint density at radius 3 is 2.70 bits per heavy atom. The molecule has 0 radical (unpaired) electrons. The summed E-state index contributed by atoms with van der Waals surface area (Å²) in [5, 5.41) is 9.12. The van der Waals surface area contributed by atoms with Crippen LogP contribution in [-0.4, -0.2) is 21.0 Å². The van der Waals surface area contributed by atoms with E-state index in [2.05, 4.69) is 9.97 Å². The van der Waals surface area contributed by atoms with Crippen LogP contribution in [0.2, 0.25) is 0 Å². The van der Waals surface area contributed by atoms with Gasteiger partial charge in [-0.2, -0.15) is 0 Å². The van der Waals surface area contributed by atoms with Crippen LogP contribution in [0.1, 0.15) is 30.7 Å². The molecule has 1 aromatic heterocycles. The van der Waals surface area contributed by atoms with Gasteiger partial charge in [-0.3, -0.25) is 4.79 Å². The van der Waals surface area contributed by atoms with Gasteiger partial charge in [-0.25, -0.2) is 4.79 Å². The molecule has 1 saturated carbocycles. The number of aromatic amines is 2. The zero-order valence-electron chi connectivity index (χ0n) is 10.9. The highest BCUT2D eigenvalue weighted by molar-refractivity contribution is 5.70. The fourth-order valence-corrected chi connectivity index (χ4v) is 2.76. The van der Waals surface area contributed by atoms with E-state index >= 15 is 0 Å². The minimum Gasteiger partial charge on any atom is -0.481 e. The maximum atomic E-state index is 11.3. The van der Waals surface area contributed by atoms with E-state index in [1.165, 1.54) is 0 Å². The average molecular weight is 272 g/mol. The molecule has 0 saturated heterocycles. The molecule has 1 aromatic carbocycles. The van der Waals surface area contributed by atoms with E-state index in [0.717, 1.165) is 24.0 Å². The highest BCUT2D eigenvalue weighted by Gasteiger charge is 2.35. The molecule has 0 bridgehead atoms. The predicted octanol–water partition coefficient (Wildman–Crippen LogP) is 2.34. The fraction of sp³-hybridized carbons (Fsp3) is 0.333. The molecule has 2 aromatic rings. The number of aromatic nitrogens is 2. The molecule has 3 N–H and O–H groups in total. The van der Waals surface area contributed by atoms with E-state index in [0.29, 0.717) is 11.6 Å². The number of nitrogens with one attached hydrogen (secondary N) is 2. The van der Waals surface area contributed by atoms with E-state index in [9.17, 15) is 9.59 Å². The third-order valence-corrected chi connectivity index (χ3v) is 3.83. The maximum absolute atomic E-state index is 11.3. The van der Waals surface area contributed by atoms with E-state index in [-0.39, 0.29) is 18.0 Å². The molecular formula is C15H16N2O3. The van der Waals surface area contributed by atoms with Crippen molar-refractivity contribution in [3.63, 3.8) is 0 Å². The van der Waals surface area contributed by atoms with Crippen LogP contribution in [0, 0.1) is 5.92 Å². The Labute approximate surface area is 115 Å². The topological polar surface area (TPSA) is 85.9 Å². The van der Waals surface area contributed by atoms with Gasteiger partial charge >= 0.3 is 11.7 Å². The summed E-state index contributed by atoms with van der Waals surface area (Å²) in [6.45, 7) is 0. The van der Waals surface area contributed by atoms with Crippen LogP contribution in [-0.2, 0) is 4.79 Å². The Kier molecular flexibility index (Phi) is 3.18. The summed E-state index contributed by atoms with van der Waals surface area (Å²) in [7, 11) is 0. The standard InChI is InChI=1S/C15H16N2O3/c18-14(19)7-12(9-5-6-9)10-3-1-2-4-11(10)13-8-16-15(20)17-13/h1-4,8-9,12H,5-7H2,(H,18,19)(H2,16,17,20). The molecule has 3 rings (SSSR count). The molecule has 5 nitrogen and oxygen atoms in total. The van der Waals surface area contributed by atoms with E-state index in [4.69, 9.17) is 5.11 Å². The second-order valence-electron chi connectivity index (χ2n) is 5.29. The van der Waals surface area contributed by atoms with Gasteiger partial charge in [0.25, 0.3) is 0 Å². The summed E-state index contributed by atoms with van der Waals surface area (Å²) in [4.78, 5) is 27.7. The SMILES string of the molecule is O=C(O)CC(c1ccccc1-c1c[nH]c(=O)[nH]1)C1CC1. The molecule has 104 valence electrons.